The van der Waals surface area contributed by atoms with Crippen LogP contribution in [-0.2, 0) is 22.9 Å². The number of carbonyl (C=O) groups excluding carboxylic acids is 1. The highest BCUT2D eigenvalue weighted by molar-refractivity contribution is 9.10. The van der Waals surface area contributed by atoms with E-state index in [0.717, 1.165) is 20.7 Å². The van der Waals surface area contributed by atoms with Crippen LogP contribution in [0.2, 0.25) is 0 Å². The van der Waals surface area contributed by atoms with Gasteiger partial charge in [0, 0.05) is 24.8 Å². The van der Waals surface area contributed by atoms with Crippen LogP contribution in [0.15, 0.2) is 74.8 Å². The van der Waals surface area contributed by atoms with E-state index in [1.54, 1.807) is 42.6 Å². The standard InChI is InChI=1S/C25H22BrN3O4S/c1-15-2-5-18(6-3-15)34(32,33)29-14-17-9-11-27-20-13-21(25(31)24(29)23(17)20)28-10-8-16-4-7-22(30)19(26)12-16/h2-7,12-14,28,30H,8-11H2,1H3. The number of carbonyl (C=O) groups is 1. The normalized spacial score (nSPS) is 14.9. The van der Waals surface area contributed by atoms with Crippen molar-refractivity contribution < 1.29 is 18.3 Å². The Kier molecular flexibility index (Phi) is 5.69. The summed E-state index contributed by atoms with van der Waals surface area (Å²) in [4.78, 5) is 18.2. The molecule has 3 aromatic rings. The van der Waals surface area contributed by atoms with Gasteiger partial charge in [-0.25, -0.2) is 12.4 Å². The van der Waals surface area contributed by atoms with Gasteiger partial charge in [0.2, 0.25) is 5.78 Å². The number of Topliss-reactive ketones (excluding diaryl/α,β-unsaturated/α-hetero) is 1. The van der Waals surface area contributed by atoms with Crippen molar-refractivity contribution in [2.45, 2.75) is 24.7 Å². The van der Waals surface area contributed by atoms with Gasteiger partial charge in [-0.3, -0.25) is 9.79 Å². The fraction of sp³-hybridized carbons (Fsp3) is 0.200. The molecule has 5 rings (SSSR count). The zero-order chi connectivity index (χ0) is 24.0. The Labute approximate surface area is 206 Å². The van der Waals surface area contributed by atoms with E-state index in [1.807, 2.05) is 19.1 Å². The van der Waals surface area contributed by atoms with Gasteiger partial charge in [-0.05, 0) is 77.2 Å². The highest BCUT2D eigenvalue weighted by Crippen LogP contribution is 2.32. The molecule has 0 unspecified atom stereocenters. The fourth-order valence-corrected chi connectivity index (χ4v) is 6.05. The first kappa shape index (κ1) is 22.6. The van der Waals surface area contributed by atoms with Crippen LogP contribution in [0.25, 0.3) is 0 Å². The van der Waals surface area contributed by atoms with E-state index in [0.29, 0.717) is 47.4 Å². The largest absolute Gasteiger partial charge is 0.507 e. The van der Waals surface area contributed by atoms with Gasteiger partial charge in [-0.2, -0.15) is 0 Å². The Bertz CT molecular complexity index is 1490. The molecule has 1 aliphatic heterocycles. The molecule has 174 valence electrons. The second-order valence-corrected chi connectivity index (χ2v) is 11.0. The molecule has 0 saturated carbocycles. The van der Waals surface area contributed by atoms with E-state index in [-0.39, 0.29) is 22.1 Å². The van der Waals surface area contributed by atoms with E-state index in [2.05, 4.69) is 26.2 Å². The van der Waals surface area contributed by atoms with Crippen molar-refractivity contribution in [2.75, 3.05) is 13.1 Å². The summed E-state index contributed by atoms with van der Waals surface area (Å²) in [7, 11) is -3.95. The molecule has 2 heterocycles. The number of aromatic nitrogens is 1. The van der Waals surface area contributed by atoms with Crippen molar-refractivity contribution in [2.24, 2.45) is 4.99 Å². The number of phenols is 1. The lowest BCUT2D eigenvalue weighted by atomic mass is 9.92. The molecule has 0 radical (unpaired) electrons. The summed E-state index contributed by atoms with van der Waals surface area (Å²) < 4.78 is 28.7. The van der Waals surface area contributed by atoms with Crippen LogP contribution in [0.3, 0.4) is 0 Å². The smallest absolute Gasteiger partial charge is 0.268 e. The first-order valence-electron chi connectivity index (χ1n) is 10.8. The van der Waals surface area contributed by atoms with Gasteiger partial charge >= 0.3 is 0 Å². The number of halogens is 1. The SMILES string of the molecule is Cc1ccc(S(=O)(=O)n2cc3c4c2C(=O)C(NCCc2ccc(O)c(Br)c2)=CC4=NCC3)cc1. The number of ketones is 1. The maximum Gasteiger partial charge on any atom is 0.268 e. The minimum absolute atomic E-state index is 0.131. The molecule has 9 heteroatoms. The maximum atomic E-state index is 13.5. The minimum Gasteiger partial charge on any atom is -0.507 e. The summed E-state index contributed by atoms with van der Waals surface area (Å²) in [6.45, 7) is 2.88. The summed E-state index contributed by atoms with van der Waals surface area (Å²) in [5.41, 5.74) is 4.43. The summed E-state index contributed by atoms with van der Waals surface area (Å²) in [6, 6.07) is 11.8. The molecule has 0 fully saturated rings. The topological polar surface area (TPSA) is 101 Å². The van der Waals surface area contributed by atoms with E-state index < -0.39 is 10.0 Å². The van der Waals surface area contributed by atoms with Gasteiger partial charge in [0.25, 0.3) is 10.0 Å². The lowest BCUT2D eigenvalue weighted by Gasteiger charge is -2.21. The summed E-state index contributed by atoms with van der Waals surface area (Å²) in [5, 5.41) is 12.8. The number of hydrogen-bond acceptors (Lipinski definition) is 6. The van der Waals surface area contributed by atoms with Gasteiger partial charge in [0.15, 0.2) is 0 Å². The number of allylic oxidation sites excluding steroid dienone is 2. The van der Waals surface area contributed by atoms with Crippen molar-refractivity contribution in [3.05, 3.63) is 92.9 Å². The molecular weight excluding hydrogens is 518 g/mol. The van der Waals surface area contributed by atoms with Crippen LogP contribution in [0, 0.1) is 6.92 Å². The number of hydrogen-bond donors (Lipinski definition) is 2. The Hall–Kier alpha value is -3.17. The highest BCUT2D eigenvalue weighted by Gasteiger charge is 2.36. The average Bonchev–Trinajstić information content (AvgIpc) is 3.22. The Balaban J connectivity index is 1.47. The third-order valence-electron chi connectivity index (χ3n) is 6.03. The molecule has 0 atom stereocenters. The minimum atomic E-state index is -3.95. The van der Waals surface area contributed by atoms with E-state index >= 15 is 0 Å². The van der Waals surface area contributed by atoms with Gasteiger partial charge in [0.05, 0.1) is 20.8 Å². The number of nitrogens with zero attached hydrogens (tertiary/aromatic N) is 2. The number of nitrogens with one attached hydrogen (secondary N) is 1. The van der Waals surface area contributed by atoms with Crippen molar-refractivity contribution in [3.63, 3.8) is 0 Å². The van der Waals surface area contributed by atoms with Crippen LogP contribution in [0.4, 0.5) is 0 Å². The monoisotopic (exact) mass is 539 g/mol. The molecule has 7 nitrogen and oxygen atoms in total. The van der Waals surface area contributed by atoms with E-state index in [1.165, 1.54) is 0 Å². The molecular formula is C25H22BrN3O4S. The predicted molar refractivity (Wildman–Crippen MR) is 133 cm³/mol. The second-order valence-electron chi connectivity index (χ2n) is 8.36. The van der Waals surface area contributed by atoms with Crippen LogP contribution < -0.4 is 5.32 Å². The Morgan fingerprint density at radius 2 is 1.94 bits per heavy atom. The molecule has 0 bridgehead atoms. The summed E-state index contributed by atoms with van der Waals surface area (Å²) in [6.07, 6.45) is 4.47. The number of benzene rings is 2. The number of phenolic OH excluding ortho intramolecular Hbond substituents is 1. The number of aryl methyl sites for hydroxylation is 1. The third kappa shape index (κ3) is 3.88. The first-order chi connectivity index (χ1) is 16.3. The van der Waals surface area contributed by atoms with Crippen molar-refractivity contribution >= 4 is 37.4 Å². The van der Waals surface area contributed by atoms with Gasteiger partial charge in [0.1, 0.15) is 11.4 Å². The summed E-state index contributed by atoms with van der Waals surface area (Å²) in [5.74, 6) is -0.208. The molecule has 1 aliphatic carbocycles. The van der Waals surface area contributed by atoms with Gasteiger partial charge in [-0.15, -0.1) is 0 Å². The molecule has 2 aromatic carbocycles. The lowest BCUT2D eigenvalue weighted by molar-refractivity contribution is 0.102. The number of rotatable bonds is 6. The molecule has 0 spiro atoms. The van der Waals surface area contributed by atoms with Crippen molar-refractivity contribution in [1.29, 1.82) is 0 Å². The molecule has 2 aliphatic rings. The molecule has 1 aromatic heterocycles. The van der Waals surface area contributed by atoms with Gasteiger partial charge in [-0.1, -0.05) is 23.8 Å². The zero-order valence-corrected chi connectivity index (χ0v) is 20.8. The summed E-state index contributed by atoms with van der Waals surface area (Å²) >= 11 is 3.31. The number of aliphatic imine (C=N–C) groups is 1. The van der Waals surface area contributed by atoms with E-state index in [4.69, 9.17) is 0 Å². The highest BCUT2D eigenvalue weighted by atomic mass is 79.9. The third-order valence-corrected chi connectivity index (χ3v) is 8.34. The van der Waals surface area contributed by atoms with Crippen LogP contribution >= 0.6 is 15.9 Å². The Morgan fingerprint density at radius 1 is 1.18 bits per heavy atom. The second kappa shape index (κ2) is 8.56. The zero-order valence-electron chi connectivity index (χ0n) is 18.4. The Morgan fingerprint density at radius 3 is 2.68 bits per heavy atom. The predicted octanol–water partition coefficient (Wildman–Crippen LogP) is 3.76. The molecule has 2 N–H and O–H groups in total. The quantitative estimate of drug-likeness (QED) is 0.496. The van der Waals surface area contributed by atoms with E-state index in [9.17, 15) is 18.3 Å². The van der Waals surface area contributed by atoms with Crippen LogP contribution in [0.1, 0.15) is 32.7 Å². The average molecular weight is 540 g/mol. The van der Waals surface area contributed by atoms with Crippen LogP contribution in [-0.4, -0.2) is 42.1 Å². The molecule has 34 heavy (non-hydrogen) atoms. The van der Waals surface area contributed by atoms with Crippen LogP contribution in [0.5, 0.6) is 5.75 Å². The maximum absolute atomic E-state index is 13.5. The van der Waals surface area contributed by atoms with Crippen molar-refractivity contribution in [1.82, 2.24) is 9.29 Å². The molecule has 0 saturated heterocycles. The van der Waals surface area contributed by atoms with Crippen molar-refractivity contribution in [3.8, 4) is 5.75 Å². The molecule has 0 amide bonds. The van der Waals surface area contributed by atoms with Gasteiger partial charge < -0.3 is 10.4 Å². The first-order valence-corrected chi connectivity index (χ1v) is 13.1. The number of aromatic hydroxyl groups is 1. The fourth-order valence-electron chi connectivity index (χ4n) is 4.24. The lowest BCUT2D eigenvalue weighted by Crippen LogP contribution is -2.32.